The molecule has 1 amide bonds. The van der Waals surface area contributed by atoms with Gasteiger partial charge in [-0.25, -0.2) is 4.98 Å². The standard InChI is InChI=1S/C15H19N5O/c1-20-9-6-11(7-10-20)12-3-2-4-13(17-12)15(21)18-14-5-8-16-19-14/h2-5,8,11H,6-7,9-10H2,1H3,(H2,16,18,19,21). The summed E-state index contributed by atoms with van der Waals surface area (Å²) in [5.74, 6) is 0.807. The molecule has 0 saturated carbocycles. The number of rotatable bonds is 3. The van der Waals surface area contributed by atoms with Crippen molar-refractivity contribution in [1.29, 1.82) is 0 Å². The molecular weight excluding hydrogens is 266 g/mol. The number of nitrogens with zero attached hydrogens (tertiary/aromatic N) is 3. The number of pyridine rings is 1. The van der Waals surface area contributed by atoms with Gasteiger partial charge in [0.2, 0.25) is 0 Å². The lowest BCUT2D eigenvalue weighted by molar-refractivity contribution is 0.102. The highest BCUT2D eigenvalue weighted by molar-refractivity contribution is 6.02. The predicted octanol–water partition coefficient (Wildman–Crippen LogP) is 1.87. The molecule has 0 aliphatic carbocycles. The zero-order valence-electron chi connectivity index (χ0n) is 12.0. The van der Waals surface area contributed by atoms with Crippen LogP contribution in [0.1, 0.15) is 34.9 Å². The average molecular weight is 285 g/mol. The van der Waals surface area contributed by atoms with Crippen molar-refractivity contribution in [3.8, 4) is 0 Å². The Bertz CT molecular complexity index is 602. The first kappa shape index (κ1) is 13.8. The van der Waals surface area contributed by atoms with E-state index in [-0.39, 0.29) is 5.91 Å². The van der Waals surface area contributed by atoms with Crippen molar-refractivity contribution in [2.24, 2.45) is 0 Å². The summed E-state index contributed by atoms with van der Waals surface area (Å²) in [6.45, 7) is 2.16. The molecule has 1 aliphatic rings. The van der Waals surface area contributed by atoms with E-state index in [9.17, 15) is 4.79 Å². The highest BCUT2D eigenvalue weighted by Crippen LogP contribution is 2.26. The lowest BCUT2D eigenvalue weighted by Gasteiger charge is -2.28. The Balaban J connectivity index is 1.72. The number of carbonyl (C=O) groups excluding carboxylic acids is 1. The van der Waals surface area contributed by atoms with Crippen LogP contribution in [-0.4, -0.2) is 46.1 Å². The van der Waals surface area contributed by atoms with Crippen molar-refractivity contribution in [1.82, 2.24) is 20.1 Å². The van der Waals surface area contributed by atoms with E-state index in [0.717, 1.165) is 31.6 Å². The van der Waals surface area contributed by atoms with E-state index in [0.29, 0.717) is 17.4 Å². The first-order valence-corrected chi connectivity index (χ1v) is 7.18. The number of H-pyrrole nitrogens is 1. The molecule has 1 aliphatic heterocycles. The molecule has 2 aromatic rings. The van der Waals surface area contributed by atoms with Crippen molar-refractivity contribution in [3.05, 3.63) is 41.9 Å². The van der Waals surface area contributed by atoms with Gasteiger partial charge in [-0.1, -0.05) is 6.07 Å². The first-order valence-electron chi connectivity index (χ1n) is 7.18. The topological polar surface area (TPSA) is 73.9 Å². The van der Waals surface area contributed by atoms with Gasteiger partial charge in [-0.2, -0.15) is 5.10 Å². The third-order valence-corrected chi connectivity index (χ3v) is 3.89. The highest BCUT2D eigenvalue weighted by Gasteiger charge is 2.20. The molecule has 0 atom stereocenters. The van der Waals surface area contributed by atoms with Gasteiger partial charge in [-0.15, -0.1) is 0 Å². The third kappa shape index (κ3) is 3.28. The summed E-state index contributed by atoms with van der Waals surface area (Å²) in [6.07, 6.45) is 3.78. The molecule has 1 saturated heterocycles. The van der Waals surface area contributed by atoms with Crippen LogP contribution in [0.4, 0.5) is 5.82 Å². The van der Waals surface area contributed by atoms with Crippen LogP contribution in [0.2, 0.25) is 0 Å². The van der Waals surface area contributed by atoms with Crippen LogP contribution in [0.3, 0.4) is 0 Å². The van der Waals surface area contributed by atoms with Crippen LogP contribution in [0.25, 0.3) is 0 Å². The summed E-state index contributed by atoms with van der Waals surface area (Å²) in [7, 11) is 2.14. The van der Waals surface area contributed by atoms with E-state index in [1.54, 1.807) is 18.3 Å². The monoisotopic (exact) mass is 285 g/mol. The molecule has 21 heavy (non-hydrogen) atoms. The van der Waals surface area contributed by atoms with Crippen molar-refractivity contribution >= 4 is 11.7 Å². The van der Waals surface area contributed by atoms with Crippen molar-refractivity contribution in [3.63, 3.8) is 0 Å². The van der Waals surface area contributed by atoms with Crippen LogP contribution >= 0.6 is 0 Å². The van der Waals surface area contributed by atoms with Gasteiger partial charge in [0, 0.05) is 17.7 Å². The van der Waals surface area contributed by atoms with Gasteiger partial charge in [0.15, 0.2) is 0 Å². The number of carbonyl (C=O) groups is 1. The van der Waals surface area contributed by atoms with Crippen LogP contribution in [0.15, 0.2) is 30.5 Å². The fourth-order valence-electron chi connectivity index (χ4n) is 2.62. The fraction of sp³-hybridized carbons (Fsp3) is 0.400. The molecule has 0 radical (unpaired) electrons. The van der Waals surface area contributed by atoms with Gasteiger partial charge >= 0.3 is 0 Å². The molecule has 6 heteroatoms. The fourth-order valence-corrected chi connectivity index (χ4v) is 2.62. The number of hydrogen-bond acceptors (Lipinski definition) is 4. The van der Waals surface area contributed by atoms with Gasteiger partial charge in [0.05, 0.1) is 6.20 Å². The van der Waals surface area contributed by atoms with Crippen LogP contribution in [-0.2, 0) is 0 Å². The Morgan fingerprint density at radius 1 is 1.33 bits per heavy atom. The number of anilines is 1. The molecule has 2 aromatic heterocycles. The number of nitrogens with one attached hydrogen (secondary N) is 2. The number of piperidine rings is 1. The quantitative estimate of drug-likeness (QED) is 0.903. The van der Waals surface area contributed by atoms with E-state index in [1.807, 2.05) is 12.1 Å². The Kier molecular flexibility index (Phi) is 3.96. The van der Waals surface area contributed by atoms with Crippen LogP contribution in [0, 0.1) is 0 Å². The molecule has 0 bridgehead atoms. The highest BCUT2D eigenvalue weighted by atomic mass is 16.1. The summed E-state index contributed by atoms with van der Waals surface area (Å²) >= 11 is 0. The molecule has 110 valence electrons. The summed E-state index contributed by atoms with van der Waals surface area (Å²) in [5, 5.41) is 9.26. The summed E-state index contributed by atoms with van der Waals surface area (Å²) in [5.41, 5.74) is 1.46. The maximum absolute atomic E-state index is 12.2. The molecule has 6 nitrogen and oxygen atoms in total. The molecule has 0 spiro atoms. The number of aromatic nitrogens is 3. The molecule has 2 N–H and O–H groups in total. The summed E-state index contributed by atoms with van der Waals surface area (Å²) < 4.78 is 0. The second kappa shape index (κ2) is 6.05. The lowest BCUT2D eigenvalue weighted by atomic mass is 9.93. The Morgan fingerprint density at radius 3 is 2.86 bits per heavy atom. The third-order valence-electron chi connectivity index (χ3n) is 3.89. The van der Waals surface area contributed by atoms with Gasteiger partial charge in [0.25, 0.3) is 5.91 Å². The minimum Gasteiger partial charge on any atom is -0.306 e. The lowest BCUT2D eigenvalue weighted by Crippen LogP contribution is -2.29. The number of likely N-dealkylation sites (tertiary alicyclic amines) is 1. The smallest absolute Gasteiger partial charge is 0.275 e. The Labute approximate surface area is 123 Å². The maximum atomic E-state index is 12.2. The van der Waals surface area contributed by atoms with Crippen LogP contribution < -0.4 is 5.32 Å². The molecule has 3 rings (SSSR count). The Morgan fingerprint density at radius 2 is 2.14 bits per heavy atom. The van der Waals surface area contributed by atoms with Crippen molar-refractivity contribution in [2.75, 3.05) is 25.5 Å². The van der Waals surface area contributed by atoms with Crippen molar-refractivity contribution in [2.45, 2.75) is 18.8 Å². The van der Waals surface area contributed by atoms with Crippen LogP contribution in [0.5, 0.6) is 0 Å². The molecule has 3 heterocycles. The van der Waals surface area contributed by atoms with Gasteiger partial charge in [0.1, 0.15) is 11.5 Å². The molecule has 0 unspecified atom stereocenters. The number of aromatic amines is 1. The van der Waals surface area contributed by atoms with E-state index in [2.05, 4.69) is 32.4 Å². The molecule has 1 fully saturated rings. The zero-order chi connectivity index (χ0) is 14.7. The maximum Gasteiger partial charge on any atom is 0.275 e. The number of hydrogen-bond donors (Lipinski definition) is 2. The summed E-state index contributed by atoms with van der Waals surface area (Å²) in [4.78, 5) is 19.0. The van der Waals surface area contributed by atoms with Gasteiger partial charge in [-0.3, -0.25) is 9.89 Å². The van der Waals surface area contributed by atoms with Gasteiger partial charge in [-0.05, 0) is 45.1 Å². The second-order valence-electron chi connectivity index (χ2n) is 5.45. The van der Waals surface area contributed by atoms with E-state index in [1.165, 1.54) is 0 Å². The van der Waals surface area contributed by atoms with Crippen molar-refractivity contribution < 1.29 is 4.79 Å². The van der Waals surface area contributed by atoms with E-state index < -0.39 is 0 Å². The zero-order valence-corrected chi connectivity index (χ0v) is 12.0. The van der Waals surface area contributed by atoms with Gasteiger partial charge < -0.3 is 10.2 Å². The van der Waals surface area contributed by atoms with E-state index >= 15 is 0 Å². The SMILES string of the molecule is CN1CCC(c2cccc(C(=O)Nc3ccn[nH]3)n2)CC1. The second-order valence-corrected chi connectivity index (χ2v) is 5.45. The largest absolute Gasteiger partial charge is 0.306 e. The summed E-state index contributed by atoms with van der Waals surface area (Å²) in [6, 6.07) is 7.37. The molecular formula is C15H19N5O. The minimum atomic E-state index is -0.214. The normalized spacial score (nSPS) is 16.8. The average Bonchev–Trinajstić information content (AvgIpc) is 3.01. The first-order chi connectivity index (χ1) is 10.2. The van der Waals surface area contributed by atoms with E-state index in [4.69, 9.17) is 0 Å². The minimum absolute atomic E-state index is 0.214. The molecule has 0 aromatic carbocycles. The predicted molar refractivity (Wildman–Crippen MR) is 80.2 cm³/mol. The Hall–Kier alpha value is -2.21. The number of amides is 1.